The van der Waals surface area contributed by atoms with Crippen LogP contribution in [0.4, 0.5) is 0 Å². The number of rotatable bonds is 3. The Hall–Kier alpha value is -2.10. The molecule has 0 aromatic carbocycles. The molecule has 1 aromatic rings. The van der Waals surface area contributed by atoms with Crippen molar-refractivity contribution in [3.63, 3.8) is 0 Å². The van der Waals surface area contributed by atoms with Crippen LogP contribution < -0.4 is 5.11 Å². The van der Waals surface area contributed by atoms with Gasteiger partial charge in [0.05, 0.1) is 6.26 Å². The van der Waals surface area contributed by atoms with Crippen molar-refractivity contribution in [1.82, 2.24) is 0 Å². The van der Waals surface area contributed by atoms with E-state index in [0.29, 0.717) is 17.8 Å². The summed E-state index contributed by atoms with van der Waals surface area (Å²) in [5.41, 5.74) is 1.09. The smallest absolute Gasteiger partial charge is 0.164 e. The lowest BCUT2D eigenvalue weighted by molar-refractivity contribution is -0.329. The van der Waals surface area contributed by atoms with Gasteiger partial charge in [-0.3, -0.25) is 4.79 Å². The molecule has 212 valence electrons. The fourth-order valence-corrected chi connectivity index (χ4v) is 12.0. The van der Waals surface area contributed by atoms with Crippen molar-refractivity contribution in [3.05, 3.63) is 41.9 Å². The van der Waals surface area contributed by atoms with Crippen molar-refractivity contribution in [1.29, 1.82) is 0 Å². The molecule has 5 saturated carbocycles. The average Bonchev–Trinajstić information content (AvgIpc) is 3.51. The topological polar surface area (TPSA) is 70.3 Å². The minimum atomic E-state index is -0.818. The molecule has 9 atom stereocenters. The van der Waals surface area contributed by atoms with Gasteiger partial charge >= 0.3 is 0 Å². The SMILES string of the molecule is C=C(C)C1CC[C@@]2(C(=O)[O-])CC[C@@]3(C)C(CCC4[C@@]5(C)CC(=Cc6ccco6)C(=O)C(C)(C)C5CC[C@@]43C)C12. The van der Waals surface area contributed by atoms with E-state index in [0.717, 1.165) is 74.7 Å². The van der Waals surface area contributed by atoms with Crippen molar-refractivity contribution in [2.24, 2.45) is 56.7 Å². The van der Waals surface area contributed by atoms with Gasteiger partial charge in [-0.2, -0.15) is 0 Å². The summed E-state index contributed by atoms with van der Waals surface area (Å²) in [6, 6.07) is 3.82. The molecular weight excluding hydrogens is 484 g/mol. The Labute approximate surface area is 234 Å². The number of carbonyl (C=O) groups is 2. The Morgan fingerprint density at radius 2 is 1.74 bits per heavy atom. The first-order chi connectivity index (χ1) is 18.2. The van der Waals surface area contributed by atoms with Gasteiger partial charge < -0.3 is 14.3 Å². The number of carbonyl (C=O) groups excluding carboxylic acids is 2. The highest BCUT2D eigenvalue weighted by molar-refractivity contribution is 6.04. The Bertz CT molecular complexity index is 1240. The number of aliphatic carboxylic acids is 1. The Morgan fingerprint density at radius 3 is 2.38 bits per heavy atom. The molecule has 5 unspecified atom stereocenters. The second kappa shape index (κ2) is 8.46. The quantitative estimate of drug-likeness (QED) is 0.304. The van der Waals surface area contributed by atoms with Gasteiger partial charge in [0.25, 0.3) is 0 Å². The van der Waals surface area contributed by atoms with Gasteiger partial charge in [0.15, 0.2) is 5.78 Å². The van der Waals surface area contributed by atoms with Gasteiger partial charge in [0, 0.05) is 16.8 Å². The summed E-state index contributed by atoms with van der Waals surface area (Å²) in [6.45, 7) is 18.3. The van der Waals surface area contributed by atoms with E-state index in [2.05, 4.69) is 48.1 Å². The van der Waals surface area contributed by atoms with E-state index in [4.69, 9.17) is 4.42 Å². The van der Waals surface area contributed by atoms with Gasteiger partial charge in [-0.05, 0) is 134 Å². The zero-order valence-corrected chi connectivity index (χ0v) is 24.9. The van der Waals surface area contributed by atoms with E-state index < -0.39 is 16.8 Å². The third-order valence-corrected chi connectivity index (χ3v) is 13.9. The van der Waals surface area contributed by atoms with Gasteiger partial charge in [-0.15, -0.1) is 0 Å². The average molecular weight is 532 g/mol. The van der Waals surface area contributed by atoms with E-state index in [9.17, 15) is 14.7 Å². The molecule has 1 aromatic heterocycles. The number of fused-ring (bicyclic) bond motifs is 7. The van der Waals surface area contributed by atoms with Crippen LogP contribution in [0.2, 0.25) is 0 Å². The summed E-state index contributed by atoms with van der Waals surface area (Å²) >= 11 is 0. The van der Waals surface area contributed by atoms with Crippen molar-refractivity contribution in [2.75, 3.05) is 0 Å². The third-order valence-electron chi connectivity index (χ3n) is 13.9. The monoisotopic (exact) mass is 531 g/mol. The molecule has 4 heteroatoms. The van der Waals surface area contributed by atoms with Crippen LogP contribution in [0.1, 0.15) is 105 Å². The molecule has 0 radical (unpaired) electrons. The van der Waals surface area contributed by atoms with Crippen LogP contribution in [0.25, 0.3) is 6.08 Å². The van der Waals surface area contributed by atoms with Gasteiger partial charge in [0.2, 0.25) is 0 Å². The predicted octanol–water partition coefficient (Wildman–Crippen LogP) is 7.25. The minimum absolute atomic E-state index is 0.00311. The Kier molecular flexibility index (Phi) is 5.88. The van der Waals surface area contributed by atoms with Crippen LogP contribution in [-0.4, -0.2) is 11.8 Å². The summed E-state index contributed by atoms with van der Waals surface area (Å²) in [6.07, 6.45) is 12.1. The lowest BCUT2D eigenvalue weighted by Gasteiger charge is -2.72. The van der Waals surface area contributed by atoms with Gasteiger partial charge in [-0.25, -0.2) is 0 Å². The molecule has 5 aliphatic carbocycles. The number of carboxylic acids is 1. The molecule has 0 N–H and O–H groups in total. The summed E-state index contributed by atoms with van der Waals surface area (Å²) in [5.74, 6) is 1.80. The summed E-state index contributed by atoms with van der Waals surface area (Å²) in [4.78, 5) is 26.6. The molecule has 0 amide bonds. The largest absolute Gasteiger partial charge is 0.550 e. The molecular formula is C35H47O4-. The van der Waals surface area contributed by atoms with Crippen LogP contribution in [0.5, 0.6) is 0 Å². The number of hydrogen-bond donors (Lipinski definition) is 0. The van der Waals surface area contributed by atoms with Gasteiger partial charge in [0.1, 0.15) is 5.76 Å². The lowest BCUT2D eigenvalue weighted by atomic mass is 9.32. The number of carboxylic acid groups (broad SMARTS) is 1. The van der Waals surface area contributed by atoms with E-state index in [1.807, 2.05) is 18.2 Å². The van der Waals surface area contributed by atoms with Crippen LogP contribution in [0, 0.1) is 56.7 Å². The fraction of sp³-hybridized carbons (Fsp3) is 0.714. The van der Waals surface area contributed by atoms with E-state index >= 15 is 0 Å². The highest BCUT2D eigenvalue weighted by atomic mass is 16.4. The molecule has 0 aliphatic heterocycles. The van der Waals surface area contributed by atoms with Crippen LogP contribution >= 0.6 is 0 Å². The molecule has 0 bridgehead atoms. The molecule has 0 saturated heterocycles. The first kappa shape index (κ1) is 27.1. The van der Waals surface area contributed by atoms with Crippen molar-refractivity contribution in [2.45, 2.75) is 99.3 Å². The Morgan fingerprint density at radius 1 is 1.00 bits per heavy atom. The number of Topliss-reactive ketones (excluding diaryl/α,β-unsaturated/α-hetero) is 1. The minimum Gasteiger partial charge on any atom is -0.550 e. The van der Waals surface area contributed by atoms with Gasteiger partial charge in [-0.1, -0.05) is 46.8 Å². The second-order valence-corrected chi connectivity index (χ2v) is 15.5. The van der Waals surface area contributed by atoms with Crippen LogP contribution in [-0.2, 0) is 9.59 Å². The van der Waals surface area contributed by atoms with E-state index in [-0.39, 0.29) is 33.9 Å². The zero-order chi connectivity index (χ0) is 28.2. The number of allylic oxidation sites excluding steroid dienone is 2. The summed E-state index contributed by atoms with van der Waals surface area (Å²) < 4.78 is 5.64. The number of furan rings is 1. The second-order valence-electron chi connectivity index (χ2n) is 15.5. The lowest BCUT2D eigenvalue weighted by Crippen LogP contribution is -2.67. The van der Waals surface area contributed by atoms with Crippen molar-refractivity contribution >= 4 is 17.8 Å². The summed E-state index contributed by atoms with van der Waals surface area (Å²) in [7, 11) is 0. The predicted molar refractivity (Wildman–Crippen MR) is 151 cm³/mol. The molecule has 1 heterocycles. The van der Waals surface area contributed by atoms with E-state index in [1.54, 1.807) is 6.26 Å². The first-order valence-electron chi connectivity index (χ1n) is 15.4. The van der Waals surface area contributed by atoms with Crippen molar-refractivity contribution < 1.29 is 19.1 Å². The maximum absolute atomic E-state index is 13.8. The van der Waals surface area contributed by atoms with Crippen LogP contribution in [0.15, 0.2) is 40.5 Å². The normalized spacial score (nSPS) is 47.6. The molecule has 6 rings (SSSR count). The van der Waals surface area contributed by atoms with Crippen molar-refractivity contribution in [3.8, 4) is 0 Å². The Balaban J connectivity index is 1.42. The van der Waals surface area contributed by atoms with Crippen LogP contribution in [0.3, 0.4) is 0 Å². The molecule has 0 spiro atoms. The number of hydrogen-bond acceptors (Lipinski definition) is 4. The highest BCUT2D eigenvalue weighted by Crippen LogP contribution is 2.77. The first-order valence-corrected chi connectivity index (χ1v) is 15.4. The zero-order valence-electron chi connectivity index (χ0n) is 24.9. The molecule has 39 heavy (non-hydrogen) atoms. The number of ketones is 1. The highest BCUT2D eigenvalue weighted by Gasteiger charge is 2.71. The maximum Gasteiger partial charge on any atom is 0.164 e. The summed E-state index contributed by atoms with van der Waals surface area (Å²) in [5, 5.41) is 12.8. The molecule has 5 aliphatic rings. The standard InChI is InChI=1S/C35H48O4/c1-21(2)24-12-15-35(30(37)38)17-16-33(6)25(28(24)35)10-11-27-32(5)20-22(19-23-9-8-18-39-23)29(36)31(3,4)26(32)13-14-34(27,33)7/h8-9,18-19,24-28H,1,10-17,20H2,2-7H3,(H,37,38)/p-1/t24?,25?,26?,27?,28?,32-,33-,34-,35+/m0/s1. The third kappa shape index (κ3) is 3.35. The molecule has 4 nitrogen and oxygen atoms in total. The maximum atomic E-state index is 13.8. The fourth-order valence-electron chi connectivity index (χ4n) is 12.0. The molecule has 5 fully saturated rings. The van der Waals surface area contributed by atoms with E-state index in [1.165, 1.54) is 0 Å².